The first kappa shape index (κ1) is 13.6. The van der Waals surface area contributed by atoms with Crippen LogP contribution in [-0.2, 0) is 0 Å². The van der Waals surface area contributed by atoms with Gasteiger partial charge in [0.15, 0.2) is 0 Å². The summed E-state index contributed by atoms with van der Waals surface area (Å²) >= 11 is 0. The highest BCUT2D eigenvalue weighted by Gasteiger charge is 2.39. The first-order valence-electron chi connectivity index (χ1n) is 7.48. The smallest absolute Gasteiger partial charge is 0.0510 e. The first-order chi connectivity index (χ1) is 9.48. The van der Waals surface area contributed by atoms with Gasteiger partial charge in [-0.2, -0.15) is 0 Å². The SMILES string of the molecule is CC(C)(C)N1CCC(N)C1c1cccc2ccccc12. The molecule has 0 radical (unpaired) electrons. The molecule has 2 N–H and O–H groups in total. The molecule has 20 heavy (non-hydrogen) atoms. The first-order valence-corrected chi connectivity index (χ1v) is 7.48. The number of benzene rings is 2. The Hall–Kier alpha value is -1.38. The largest absolute Gasteiger partial charge is 0.326 e. The molecule has 2 aromatic rings. The number of rotatable bonds is 1. The maximum Gasteiger partial charge on any atom is 0.0510 e. The number of likely N-dealkylation sites (tertiary alicyclic amines) is 1. The summed E-state index contributed by atoms with van der Waals surface area (Å²) in [7, 11) is 0. The second-order valence-corrected chi connectivity index (χ2v) is 6.83. The zero-order valence-electron chi connectivity index (χ0n) is 12.6. The van der Waals surface area contributed by atoms with Gasteiger partial charge in [0.1, 0.15) is 0 Å². The molecule has 0 aliphatic carbocycles. The van der Waals surface area contributed by atoms with Crippen molar-refractivity contribution in [3.8, 4) is 0 Å². The second kappa shape index (κ2) is 4.87. The summed E-state index contributed by atoms with van der Waals surface area (Å²) in [5.74, 6) is 0. The molecular weight excluding hydrogens is 244 g/mol. The maximum atomic E-state index is 6.45. The normalized spacial score (nSPS) is 24.4. The van der Waals surface area contributed by atoms with E-state index in [1.54, 1.807) is 0 Å². The molecule has 2 nitrogen and oxygen atoms in total. The van der Waals surface area contributed by atoms with Crippen LogP contribution in [0.3, 0.4) is 0 Å². The second-order valence-electron chi connectivity index (χ2n) is 6.83. The molecule has 3 rings (SSSR count). The van der Waals surface area contributed by atoms with Crippen LogP contribution in [0.5, 0.6) is 0 Å². The third-order valence-corrected chi connectivity index (χ3v) is 4.45. The van der Waals surface area contributed by atoms with Crippen LogP contribution < -0.4 is 5.73 Å². The molecule has 0 saturated carbocycles. The molecule has 2 unspecified atom stereocenters. The van der Waals surface area contributed by atoms with Crippen molar-refractivity contribution < 1.29 is 0 Å². The lowest BCUT2D eigenvalue weighted by Crippen LogP contribution is -2.43. The molecule has 0 spiro atoms. The molecule has 2 heteroatoms. The van der Waals surface area contributed by atoms with E-state index in [-0.39, 0.29) is 11.6 Å². The molecule has 1 saturated heterocycles. The lowest BCUT2D eigenvalue weighted by Gasteiger charge is -2.38. The van der Waals surface area contributed by atoms with E-state index in [9.17, 15) is 0 Å². The standard InChI is InChI=1S/C18H24N2/c1-18(2,3)20-12-11-16(19)17(20)15-10-6-8-13-7-4-5-9-14(13)15/h4-10,16-17H,11-12,19H2,1-3H3. The minimum Gasteiger partial charge on any atom is -0.326 e. The monoisotopic (exact) mass is 268 g/mol. The van der Waals surface area contributed by atoms with E-state index < -0.39 is 0 Å². The highest BCUT2D eigenvalue weighted by molar-refractivity contribution is 5.86. The highest BCUT2D eigenvalue weighted by Crippen LogP contribution is 2.39. The van der Waals surface area contributed by atoms with Crippen LogP contribution in [0.15, 0.2) is 42.5 Å². The molecule has 2 aromatic carbocycles. The number of nitrogens with two attached hydrogens (primary N) is 1. The Balaban J connectivity index is 2.13. The van der Waals surface area contributed by atoms with Crippen molar-refractivity contribution >= 4 is 10.8 Å². The Morgan fingerprint density at radius 3 is 2.50 bits per heavy atom. The Kier molecular flexibility index (Phi) is 3.31. The topological polar surface area (TPSA) is 29.3 Å². The van der Waals surface area contributed by atoms with Crippen molar-refractivity contribution in [2.45, 2.75) is 44.8 Å². The molecule has 1 aliphatic heterocycles. The van der Waals surface area contributed by atoms with Gasteiger partial charge in [-0.3, -0.25) is 4.90 Å². The summed E-state index contributed by atoms with van der Waals surface area (Å²) in [6.45, 7) is 7.92. The fourth-order valence-corrected chi connectivity index (χ4v) is 3.48. The molecule has 0 amide bonds. The minimum absolute atomic E-state index is 0.149. The van der Waals surface area contributed by atoms with Crippen LogP contribution in [0.1, 0.15) is 38.8 Å². The fraction of sp³-hybridized carbons (Fsp3) is 0.444. The van der Waals surface area contributed by atoms with E-state index in [1.807, 2.05) is 0 Å². The van der Waals surface area contributed by atoms with Crippen LogP contribution in [-0.4, -0.2) is 23.0 Å². The number of hydrogen-bond donors (Lipinski definition) is 1. The van der Waals surface area contributed by atoms with Gasteiger partial charge in [0, 0.05) is 18.1 Å². The van der Waals surface area contributed by atoms with Crippen LogP contribution in [0.25, 0.3) is 10.8 Å². The van der Waals surface area contributed by atoms with Crippen molar-refractivity contribution in [3.05, 3.63) is 48.0 Å². The summed E-state index contributed by atoms with van der Waals surface area (Å²) in [5, 5.41) is 2.64. The van der Waals surface area contributed by atoms with E-state index in [0.717, 1.165) is 13.0 Å². The number of fused-ring (bicyclic) bond motifs is 1. The fourth-order valence-electron chi connectivity index (χ4n) is 3.48. The molecule has 0 aromatic heterocycles. The quantitative estimate of drug-likeness (QED) is 0.854. The van der Waals surface area contributed by atoms with E-state index in [2.05, 4.69) is 68.1 Å². The van der Waals surface area contributed by atoms with Crippen molar-refractivity contribution in [1.82, 2.24) is 4.90 Å². The van der Waals surface area contributed by atoms with Gasteiger partial charge in [-0.25, -0.2) is 0 Å². The van der Waals surface area contributed by atoms with Gasteiger partial charge in [0.05, 0.1) is 6.04 Å². The van der Waals surface area contributed by atoms with Crippen molar-refractivity contribution in [3.63, 3.8) is 0 Å². The Morgan fingerprint density at radius 2 is 1.75 bits per heavy atom. The molecule has 1 aliphatic rings. The Bertz CT molecular complexity index is 607. The minimum atomic E-state index is 0.149. The zero-order chi connectivity index (χ0) is 14.3. The van der Waals surface area contributed by atoms with Gasteiger partial charge in [-0.1, -0.05) is 42.5 Å². The van der Waals surface area contributed by atoms with E-state index >= 15 is 0 Å². The Morgan fingerprint density at radius 1 is 1.05 bits per heavy atom. The molecule has 0 bridgehead atoms. The van der Waals surface area contributed by atoms with E-state index in [1.165, 1.54) is 16.3 Å². The van der Waals surface area contributed by atoms with Crippen molar-refractivity contribution in [1.29, 1.82) is 0 Å². The number of hydrogen-bond acceptors (Lipinski definition) is 2. The summed E-state index contributed by atoms with van der Waals surface area (Å²) in [6, 6.07) is 15.7. The van der Waals surface area contributed by atoms with Gasteiger partial charge in [0.2, 0.25) is 0 Å². The van der Waals surface area contributed by atoms with Crippen LogP contribution in [0.2, 0.25) is 0 Å². The van der Waals surface area contributed by atoms with Gasteiger partial charge >= 0.3 is 0 Å². The van der Waals surface area contributed by atoms with Crippen molar-refractivity contribution in [2.24, 2.45) is 5.73 Å². The lowest BCUT2D eigenvalue weighted by atomic mass is 9.92. The van der Waals surface area contributed by atoms with E-state index in [4.69, 9.17) is 5.73 Å². The third-order valence-electron chi connectivity index (χ3n) is 4.45. The van der Waals surface area contributed by atoms with Crippen LogP contribution in [0.4, 0.5) is 0 Å². The molecule has 106 valence electrons. The molecular formula is C18H24N2. The maximum absolute atomic E-state index is 6.45. The summed E-state index contributed by atoms with van der Waals surface area (Å²) in [5.41, 5.74) is 7.97. The van der Waals surface area contributed by atoms with Gasteiger partial charge in [-0.05, 0) is 43.5 Å². The molecule has 1 heterocycles. The summed E-state index contributed by atoms with van der Waals surface area (Å²) in [4.78, 5) is 2.56. The summed E-state index contributed by atoms with van der Waals surface area (Å²) in [6.07, 6.45) is 1.07. The highest BCUT2D eigenvalue weighted by atomic mass is 15.3. The van der Waals surface area contributed by atoms with Gasteiger partial charge in [-0.15, -0.1) is 0 Å². The molecule has 1 fully saturated rings. The lowest BCUT2D eigenvalue weighted by molar-refractivity contribution is 0.118. The van der Waals surface area contributed by atoms with E-state index in [0.29, 0.717) is 6.04 Å². The predicted octanol–water partition coefficient (Wildman–Crippen LogP) is 3.71. The average molecular weight is 268 g/mol. The number of nitrogens with zero attached hydrogens (tertiary/aromatic N) is 1. The van der Waals surface area contributed by atoms with Crippen molar-refractivity contribution in [2.75, 3.05) is 6.54 Å². The average Bonchev–Trinajstić information content (AvgIpc) is 2.80. The van der Waals surface area contributed by atoms with Crippen LogP contribution >= 0.6 is 0 Å². The third kappa shape index (κ3) is 2.23. The predicted molar refractivity (Wildman–Crippen MR) is 85.7 cm³/mol. The van der Waals surface area contributed by atoms with Crippen LogP contribution in [0, 0.1) is 0 Å². The Labute approximate surface area is 121 Å². The van der Waals surface area contributed by atoms with Gasteiger partial charge < -0.3 is 5.73 Å². The van der Waals surface area contributed by atoms with Gasteiger partial charge in [0.25, 0.3) is 0 Å². The molecule has 2 atom stereocenters. The zero-order valence-corrected chi connectivity index (χ0v) is 12.6. The summed E-state index contributed by atoms with van der Waals surface area (Å²) < 4.78 is 0.